The van der Waals surface area contributed by atoms with Crippen molar-refractivity contribution in [1.29, 1.82) is 0 Å². The number of hydrogen-bond donors (Lipinski definition) is 2. The van der Waals surface area contributed by atoms with Gasteiger partial charge in [0.15, 0.2) is 11.5 Å². The van der Waals surface area contributed by atoms with Crippen LogP contribution in [0.15, 0.2) is 18.2 Å². The molecule has 0 unspecified atom stereocenters. The molecule has 1 atom stereocenters. The zero-order valence-corrected chi connectivity index (χ0v) is 14.4. The summed E-state index contributed by atoms with van der Waals surface area (Å²) in [6.07, 6.45) is 3.45. The highest BCUT2D eigenvalue weighted by Crippen LogP contribution is 2.33. The minimum Gasteiger partial charge on any atom is -0.486 e. The molecule has 1 aromatic rings. The van der Waals surface area contributed by atoms with Crippen molar-refractivity contribution >= 4 is 5.91 Å². The van der Waals surface area contributed by atoms with Crippen molar-refractivity contribution < 1.29 is 19.4 Å². The summed E-state index contributed by atoms with van der Waals surface area (Å²) in [7, 11) is 0. The average molecular weight is 346 g/mol. The first-order valence-electron chi connectivity index (χ1n) is 9.29. The molecule has 2 aliphatic heterocycles. The van der Waals surface area contributed by atoms with Crippen LogP contribution in [0.3, 0.4) is 0 Å². The third-order valence-electron chi connectivity index (χ3n) is 5.26. The molecule has 1 aromatic carbocycles. The number of nitrogens with zero attached hydrogens (tertiary/aromatic N) is 1. The van der Waals surface area contributed by atoms with Gasteiger partial charge in [-0.1, -0.05) is 6.07 Å². The molecule has 2 N–H and O–H groups in total. The van der Waals surface area contributed by atoms with Crippen molar-refractivity contribution in [3.05, 3.63) is 23.8 Å². The number of nitrogens with one attached hydrogen (secondary N) is 1. The summed E-state index contributed by atoms with van der Waals surface area (Å²) in [5, 5.41) is 13.7. The quantitative estimate of drug-likeness (QED) is 0.845. The van der Waals surface area contributed by atoms with Gasteiger partial charge in [-0.05, 0) is 43.4 Å². The van der Waals surface area contributed by atoms with Gasteiger partial charge in [-0.15, -0.1) is 0 Å². The lowest BCUT2D eigenvalue weighted by molar-refractivity contribution is -0.123. The Bertz CT molecular complexity index is 624. The van der Waals surface area contributed by atoms with Crippen molar-refractivity contribution in [3.63, 3.8) is 0 Å². The molecule has 2 heterocycles. The highest BCUT2D eigenvalue weighted by atomic mass is 16.6. The minimum absolute atomic E-state index is 0.231. The maximum Gasteiger partial charge on any atom is 0.223 e. The van der Waals surface area contributed by atoms with Crippen LogP contribution >= 0.6 is 0 Å². The van der Waals surface area contributed by atoms with Gasteiger partial charge < -0.3 is 24.8 Å². The van der Waals surface area contributed by atoms with E-state index in [1.54, 1.807) is 0 Å². The number of piperidine rings is 1. The predicted octanol–water partition coefficient (Wildman–Crippen LogP) is 1.48. The van der Waals surface area contributed by atoms with E-state index in [2.05, 4.69) is 10.2 Å². The molecule has 1 amide bonds. The molecule has 136 valence electrons. The van der Waals surface area contributed by atoms with Gasteiger partial charge in [-0.25, -0.2) is 0 Å². The Morgan fingerprint density at radius 2 is 1.88 bits per heavy atom. The molecule has 25 heavy (non-hydrogen) atoms. The number of hydrogen-bond acceptors (Lipinski definition) is 5. The van der Waals surface area contributed by atoms with Crippen LogP contribution in [-0.2, 0) is 4.79 Å². The number of aliphatic hydroxyl groups is 1. The smallest absolute Gasteiger partial charge is 0.223 e. The number of rotatable bonds is 5. The topological polar surface area (TPSA) is 71.0 Å². The first-order valence-corrected chi connectivity index (χ1v) is 9.29. The number of ether oxygens (including phenoxy) is 2. The summed E-state index contributed by atoms with van der Waals surface area (Å²) in [4.78, 5) is 14.1. The Hall–Kier alpha value is -1.79. The van der Waals surface area contributed by atoms with Gasteiger partial charge in [-0.2, -0.15) is 0 Å². The number of fused-ring (bicyclic) bond motifs is 1. The number of β-amino-alcohol motifs (C(OH)–C–C–N with tert-alkyl or cyclic N) is 1. The molecule has 4 rings (SSSR count). The second-order valence-electron chi connectivity index (χ2n) is 7.28. The van der Waals surface area contributed by atoms with Gasteiger partial charge in [0.2, 0.25) is 5.91 Å². The zero-order chi connectivity index (χ0) is 17.2. The van der Waals surface area contributed by atoms with E-state index in [4.69, 9.17) is 9.47 Å². The van der Waals surface area contributed by atoms with Gasteiger partial charge >= 0.3 is 0 Å². The van der Waals surface area contributed by atoms with Gasteiger partial charge in [0.25, 0.3) is 0 Å². The van der Waals surface area contributed by atoms with Gasteiger partial charge in [0, 0.05) is 31.6 Å². The van der Waals surface area contributed by atoms with Crippen LogP contribution in [0.5, 0.6) is 11.5 Å². The number of carbonyl (C=O) groups excluding carboxylic acids is 1. The SMILES string of the molecule is O=C(NC1CCN(C[C@@H](O)c2ccc3c(c2)OCCO3)CC1)C1CC1. The van der Waals surface area contributed by atoms with E-state index >= 15 is 0 Å². The number of likely N-dealkylation sites (tertiary alicyclic amines) is 1. The second kappa shape index (κ2) is 7.22. The van der Waals surface area contributed by atoms with Crippen LogP contribution in [0, 0.1) is 5.92 Å². The predicted molar refractivity (Wildman–Crippen MR) is 92.7 cm³/mol. The first kappa shape index (κ1) is 16.7. The van der Waals surface area contributed by atoms with E-state index < -0.39 is 6.10 Å². The Morgan fingerprint density at radius 1 is 1.16 bits per heavy atom. The molecule has 0 bridgehead atoms. The van der Waals surface area contributed by atoms with Gasteiger partial charge in [0.1, 0.15) is 13.2 Å². The number of aliphatic hydroxyl groups excluding tert-OH is 1. The molecule has 1 saturated carbocycles. The lowest BCUT2D eigenvalue weighted by atomic mass is 10.0. The monoisotopic (exact) mass is 346 g/mol. The van der Waals surface area contributed by atoms with Crippen molar-refractivity contribution in [2.45, 2.75) is 37.8 Å². The number of carbonyl (C=O) groups is 1. The van der Waals surface area contributed by atoms with Crippen molar-refractivity contribution in [2.75, 3.05) is 32.8 Å². The van der Waals surface area contributed by atoms with Crippen molar-refractivity contribution in [3.8, 4) is 11.5 Å². The third kappa shape index (κ3) is 4.07. The van der Waals surface area contributed by atoms with Crippen LogP contribution in [0.4, 0.5) is 0 Å². The molecular weight excluding hydrogens is 320 g/mol. The van der Waals surface area contributed by atoms with E-state index in [-0.39, 0.29) is 17.9 Å². The Labute approximate surface area is 148 Å². The molecule has 2 fully saturated rings. The van der Waals surface area contributed by atoms with Crippen molar-refractivity contribution in [2.24, 2.45) is 5.92 Å². The summed E-state index contributed by atoms with van der Waals surface area (Å²) in [5.41, 5.74) is 0.855. The molecule has 0 aromatic heterocycles. The summed E-state index contributed by atoms with van der Waals surface area (Å²) >= 11 is 0. The Morgan fingerprint density at radius 3 is 2.60 bits per heavy atom. The van der Waals surface area contributed by atoms with E-state index in [1.165, 1.54) is 0 Å². The fourth-order valence-electron chi connectivity index (χ4n) is 3.54. The summed E-state index contributed by atoms with van der Waals surface area (Å²) in [6.45, 7) is 3.52. The maximum atomic E-state index is 11.8. The normalized spacial score (nSPS) is 22.4. The highest BCUT2D eigenvalue weighted by Gasteiger charge is 2.32. The average Bonchev–Trinajstić information content (AvgIpc) is 3.48. The first-order chi connectivity index (χ1) is 12.2. The van der Waals surface area contributed by atoms with Crippen LogP contribution < -0.4 is 14.8 Å². The lowest BCUT2D eigenvalue weighted by Gasteiger charge is -2.33. The lowest BCUT2D eigenvalue weighted by Crippen LogP contribution is -2.46. The molecule has 6 nitrogen and oxygen atoms in total. The summed E-state index contributed by atoms with van der Waals surface area (Å²) in [5.74, 6) is 1.96. The van der Waals surface area contributed by atoms with Crippen molar-refractivity contribution in [1.82, 2.24) is 10.2 Å². The molecule has 0 radical (unpaired) electrons. The minimum atomic E-state index is -0.548. The maximum absolute atomic E-state index is 11.8. The molecule has 1 aliphatic carbocycles. The highest BCUT2D eigenvalue weighted by molar-refractivity contribution is 5.81. The van der Waals surface area contributed by atoms with Crippen LogP contribution in [-0.4, -0.2) is 54.8 Å². The fraction of sp³-hybridized carbons (Fsp3) is 0.632. The van der Waals surface area contributed by atoms with E-state index in [0.29, 0.717) is 25.5 Å². The van der Waals surface area contributed by atoms with Crippen LogP contribution in [0.2, 0.25) is 0 Å². The molecular formula is C19H26N2O4. The molecule has 1 saturated heterocycles. The van der Waals surface area contributed by atoms with Gasteiger partial charge in [-0.3, -0.25) is 4.79 Å². The van der Waals surface area contributed by atoms with E-state index in [1.807, 2.05) is 18.2 Å². The van der Waals surface area contributed by atoms with Gasteiger partial charge in [0.05, 0.1) is 6.10 Å². The van der Waals surface area contributed by atoms with E-state index in [9.17, 15) is 9.90 Å². The Kier molecular flexibility index (Phi) is 4.81. The summed E-state index contributed by atoms with van der Waals surface area (Å²) < 4.78 is 11.1. The summed E-state index contributed by atoms with van der Waals surface area (Å²) in [6, 6.07) is 5.94. The fourth-order valence-corrected chi connectivity index (χ4v) is 3.54. The molecule has 3 aliphatic rings. The number of amides is 1. The molecule has 6 heteroatoms. The van der Waals surface area contributed by atoms with Crippen LogP contribution in [0.1, 0.15) is 37.4 Å². The van der Waals surface area contributed by atoms with E-state index in [0.717, 1.165) is 50.1 Å². The third-order valence-corrected chi connectivity index (χ3v) is 5.26. The zero-order valence-electron chi connectivity index (χ0n) is 14.4. The second-order valence-corrected chi connectivity index (χ2v) is 7.28. The van der Waals surface area contributed by atoms with Crippen LogP contribution in [0.25, 0.3) is 0 Å². The Balaban J connectivity index is 1.27. The number of benzene rings is 1. The molecule has 0 spiro atoms. The standard InChI is InChI=1S/C19H26N2O4/c22-16(14-3-4-17-18(11-14)25-10-9-24-17)12-21-7-5-15(6-8-21)20-19(23)13-1-2-13/h3-4,11,13,15-16,22H,1-2,5-10,12H2,(H,20,23)/t16-/m1/s1. The largest absolute Gasteiger partial charge is 0.486 e.